The minimum Gasteiger partial charge on any atom is -0.340 e. The lowest BCUT2D eigenvalue weighted by atomic mass is 9.93. The van der Waals surface area contributed by atoms with Gasteiger partial charge in [0.05, 0.1) is 0 Å². The Kier molecular flexibility index (Phi) is 10.2. The van der Waals surface area contributed by atoms with Crippen LogP contribution in [0.15, 0.2) is 164 Å². The second kappa shape index (κ2) is 15.6. The van der Waals surface area contributed by atoms with Gasteiger partial charge in [-0.05, 0) is 95.3 Å². The maximum absolute atomic E-state index is 14.9. The van der Waals surface area contributed by atoms with Crippen LogP contribution in [-0.4, -0.2) is 9.13 Å². The smallest absolute Gasteiger partial charge is 0.171 e. The van der Waals surface area contributed by atoms with Crippen LogP contribution in [-0.2, 0) is 30.5 Å². The number of hydrogen-bond donors (Lipinski definition) is 0. The lowest BCUT2D eigenvalue weighted by Gasteiger charge is -2.20. The van der Waals surface area contributed by atoms with E-state index >= 15 is 0 Å². The molecule has 9 rings (SSSR count). The SMILES string of the molecule is CC(C)Cn1c2ccccc2c2cc(-c3ccc4c(c3)c3cc(CC(C)Cc5ccc(P(=O)(c6ccccc6)c6ccccc6)cc5)ccc3n4CC(C)C)ccc21. The molecule has 0 bridgehead atoms. The van der Waals surface area contributed by atoms with Crippen molar-refractivity contribution in [3.8, 4) is 11.1 Å². The standard InChI is InChI=1S/C54H53N2OP/c1-37(2)35-55-51-19-13-12-18-47(51)49-33-42(23-28-53(49)55)43-24-29-54-50(34-43)48-32-41(22-27-52(48)56(54)36-38(3)4)31-39(5)30-40-20-25-46(26-21-40)58(57,44-14-8-6-9-15-44)45-16-10-7-11-17-45/h6-29,32-34,37-39H,30-31,35-36H2,1-5H3. The molecule has 0 spiro atoms. The number of nitrogens with zero attached hydrogens (tertiary/aromatic N) is 2. The van der Waals surface area contributed by atoms with Gasteiger partial charge in [-0.3, -0.25) is 0 Å². The molecule has 2 aromatic heterocycles. The second-order valence-corrected chi connectivity index (χ2v) is 20.1. The van der Waals surface area contributed by atoms with Gasteiger partial charge in [0, 0.05) is 72.6 Å². The van der Waals surface area contributed by atoms with Gasteiger partial charge < -0.3 is 13.7 Å². The molecule has 290 valence electrons. The van der Waals surface area contributed by atoms with Gasteiger partial charge in [0.25, 0.3) is 0 Å². The summed E-state index contributed by atoms with van der Waals surface area (Å²) in [5.74, 6) is 1.53. The molecule has 2 heterocycles. The summed E-state index contributed by atoms with van der Waals surface area (Å²) in [6.07, 6.45) is 1.94. The fraction of sp³-hybridized carbons (Fsp3) is 0.222. The van der Waals surface area contributed by atoms with Crippen LogP contribution in [0.4, 0.5) is 0 Å². The highest BCUT2D eigenvalue weighted by molar-refractivity contribution is 7.85. The zero-order valence-corrected chi connectivity index (χ0v) is 35.3. The van der Waals surface area contributed by atoms with Gasteiger partial charge in [-0.25, -0.2) is 0 Å². The molecular formula is C54H53N2OP. The lowest BCUT2D eigenvalue weighted by Crippen LogP contribution is -2.25. The van der Waals surface area contributed by atoms with E-state index in [0.29, 0.717) is 17.8 Å². The molecule has 0 amide bonds. The van der Waals surface area contributed by atoms with Crippen LogP contribution in [0.25, 0.3) is 54.7 Å². The number of para-hydroxylation sites is 1. The van der Waals surface area contributed by atoms with E-state index < -0.39 is 7.14 Å². The van der Waals surface area contributed by atoms with Crippen molar-refractivity contribution in [3.63, 3.8) is 0 Å². The molecule has 0 aliphatic carbocycles. The van der Waals surface area contributed by atoms with Gasteiger partial charge in [0.2, 0.25) is 0 Å². The van der Waals surface area contributed by atoms with Crippen molar-refractivity contribution in [2.75, 3.05) is 0 Å². The highest BCUT2D eigenvalue weighted by atomic mass is 31.2. The van der Waals surface area contributed by atoms with Gasteiger partial charge in [-0.2, -0.15) is 0 Å². The van der Waals surface area contributed by atoms with Gasteiger partial charge in [-0.15, -0.1) is 0 Å². The molecular weight excluding hydrogens is 724 g/mol. The third-order valence-electron chi connectivity index (χ3n) is 11.8. The van der Waals surface area contributed by atoms with Crippen LogP contribution in [0.1, 0.15) is 45.7 Å². The summed E-state index contributed by atoms with van der Waals surface area (Å²) in [5, 5.41) is 7.91. The van der Waals surface area contributed by atoms with E-state index in [2.05, 4.69) is 147 Å². The molecule has 0 aliphatic heterocycles. The zero-order chi connectivity index (χ0) is 40.0. The Morgan fingerprint density at radius 2 is 0.828 bits per heavy atom. The minimum atomic E-state index is -2.99. The van der Waals surface area contributed by atoms with Crippen LogP contribution in [0.3, 0.4) is 0 Å². The predicted octanol–water partition coefficient (Wildman–Crippen LogP) is 12.9. The average Bonchev–Trinajstić information content (AvgIpc) is 3.71. The Morgan fingerprint density at radius 1 is 0.414 bits per heavy atom. The van der Waals surface area contributed by atoms with Crippen LogP contribution in [0.2, 0.25) is 0 Å². The van der Waals surface area contributed by atoms with Crippen molar-refractivity contribution in [2.45, 2.75) is 60.5 Å². The first-order chi connectivity index (χ1) is 28.2. The van der Waals surface area contributed by atoms with Crippen LogP contribution in [0.5, 0.6) is 0 Å². The third kappa shape index (κ3) is 7.01. The first-order valence-electron chi connectivity index (χ1n) is 21.0. The molecule has 0 saturated heterocycles. The Hall–Kier alpha value is -5.63. The van der Waals surface area contributed by atoms with E-state index in [0.717, 1.165) is 41.8 Å². The van der Waals surface area contributed by atoms with Crippen molar-refractivity contribution in [3.05, 3.63) is 175 Å². The number of benzene rings is 7. The molecule has 0 fully saturated rings. The molecule has 4 heteroatoms. The molecule has 0 radical (unpaired) electrons. The molecule has 0 saturated carbocycles. The zero-order valence-electron chi connectivity index (χ0n) is 34.4. The number of aromatic nitrogens is 2. The maximum Gasteiger partial charge on any atom is 0.171 e. The molecule has 1 atom stereocenters. The third-order valence-corrected chi connectivity index (χ3v) is 14.9. The molecule has 58 heavy (non-hydrogen) atoms. The van der Waals surface area contributed by atoms with Crippen LogP contribution in [0, 0.1) is 17.8 Å². The van der Waals surface area contributed by atoms with Crippen molar-refractivity contribution in [1.29, 1.82) is 0 Å². The molecule has 9 aromatic rings. The Bertz CT molecular complexity index is 2890. The summed E-state index contributed by atoms with van der Waals surface area (Å²) in [7, 11) is -2.99. The van der Waals surface area contributed by atoms with Gasteiger partial charge in [0.1, 0.15) is 0 Å². The van der Waals surface area contributed by atoms with Crippen molar-refractivity contribution in [2.24, 2.45) is 17.8 Å². The van der Waals surface area contributed by atoms with E-state index in [1.54, 1.807) is 0 Å². The minimum absolute atomic E-state index is 0.433. The monoisotopic (exact) mass is 776 g/mol. The molecule has 7 aromatic carbocycles. The van der Waals surface area contributed by atoms with E-state index in [4.69, 9.17) is 0 Å². The highest BCUT2D eigenvalue weighted by Gasteiger charge is 2.29. The quantitative estimate of drug-likeness (QED) is 0.114. The largest absolute Gasteiger partial charge is 0.340 e. The first-order valence-corrected chi connectivity index (χ1v) is 22.7. The summed E-state index contributed by atoms with van der Waals surface area (Å²) in [4.78, 5) is 0. The molecule has 1 unspecified atom stereocenters. The summed E-state index contributed by atoms with van der Waals surface area (Å²) < 4.78 is 19.9. The summed E-state index contributed by atoms with van der Waals surface area (Å²) in [6, 6.07) is 58.6. The van der Waals surface area contributed by atoms with Crippen LogP contribution < -0.4 is 15.9 Å². The van der Waals surface area contributed by atoms with Crippen molar-refractivity contribution >= 4 is 66.7 Å². The Balaban J connectivity index is 1.02. The van der Waals surface area contributed by atoms with Gasteiger partial charge in [-0.1, -0.05) is 156 Å². The topological polar surface area (TPSA) is 26.9 Å². The molecule has 3 nitrogen and oxygen atoms in total. The van der Waals surface area contributed by atoms with Crippen LogP contribution >= 0.6 is 7.14 Å². The van der Waals surface area contributed by atoms with E-state index in [1.165, 1.54) is 65.9 Å². The van der Waals surface area contributed by atoms with Gasteiger partial charge in [0.15, 0.2) is 7.14 Å². The summed E-state index contributed by atoms with van der Waals surface area (Å²) in [6.45, 7) is 13.5. The number of fused-ring (bicyclic) bond motifs is 6. The van der Waals surface area contributed by atoms with E-state index in [1.807, 2.05) is 60.7 Å². The normalized spacial score (nSPS) is 12.8. The highest BCUT2D eigenvalue weighted by Crippen LogP contribution is 2.42. The Labute approximate surface area is 343 Å². The summed E-state index contributed by atoms with van der Waals surface area (Å²) >= 11 is 0. The Morgan fingerprint density at radius 3 is 1.38 bits per heavy atom. The summed E-state index contributed by atoms with van der Waals surface area (Å²) in [5.41, 5.74) is 10.4. The fourth-order valence-corrected chi connectivity index (χ4v) is 11.9. The number of rotatable bonds is 12. The second-order valence-electron chi connectivity index (χ2n) is 17.3. The molecule has 0 aliphatic rings. The van der Waals surface area contributed by atoms with E-state index in [-0.39, 0.29) is 0 Å². The van der Waals surface area contributed by atoms with Crippen molar-refractivity contribution in [1.82, 2.24) is 9.13 Å². The number of hydrogen-bond acceptors (Lipinski definition) is 1. The molecule has 0 N–H and O–H groups in total. The lowest BCUT2D eigenvalue weighted by molar-refractivity contribution is 0.545. The van der Waals surface area contributed by atoms with E-state index in [9.17, 15) is 4.57 Å². The first kappa shape index (κ1) is 37.9. The maximum atomic E-state index is 14.9. The van der Waals surface area contributed by atoms with Crippen molar-refractivity contribution < 1.29 is 4.57 Å². The van der Waals surface area contributed by atoms with Gasteiger partial charge >= 0.3 is 0 Å². The fourth-order valence-electron chi connectivity index (χ4n) is 9.26. The average molecular weight is 777 g/mol. The predicted molar refractivity (Wildman–Crippen MR) is 250 cm³/mol.